The Kier molecular flexibility index (Phi) is 6.18. The minimum absolute atomic E-state index is 0.114. The highest BCUT2D eigenvalue weighted by molar-refractivity contribution is 6.08. The first kappa shape index (κ1) is 22.2. The Balaban J connectivity index is 1.69. The molecule has 0 saturated carbocycles. The van der Waals surface area contributed by atoms with E-state index in [9.17, 15) is 19.2 Å². The fraction of sp³-hybridized carbons (Fsp3) is 0.231. The summed E-state index contributed by atoms with van der Waals surface area (Å²) >= 11 is 0. The van der Waals surface area contributed by atoms with E-state index in [1.54, 1.807) is 29.3 Å². The van der Waals surface area contributed by atoms with E-state index in [4.69, 9.17) is 0 Å². The minimum atomic E-state index is -0.723. The highest BCUT2D eigenvalue weighted by atomic mass is 19.1. The molecule has 3 aromatic rings. The third kappa shape index (κ3) is 4.20. The van der Waals surface area contributed by atoms with Gasteiger partial charge in [-0.1, -0.05) is 19.1 Å². The number of hydrogen-bond acceptors (Lipinski definition) is 5. The van der Waals surface area contributed by atoms with Crippen molar-refractivity contribution in [2.24, 2.45) is 0 Å². The molecule has 0 bridgehead atoms. The summed E-state index contributed by atoms with van der Waals surface area (Å²) in [6.45, 7) is 2.48. The van der Waals surface area contributed by atoms with E-state index in [1.807, 2.05) is 19.1 Å². The Labute approximate surface area is 191 Å². The molecule has 0 aliphatic carbocycles. The lowest BCUT2D eigenvalue weighted by Crippen LogP contribution is -2.39. The number of anilines is 1. The van der Waals surface area contributed by atoms with Gasteiger partial charge in [-0.15, -0.1) is 0 Å². The first-order valence-corrected chi connectivity index (χ1v) is 10.6. The van der Waals surface area contributed by atoms with E-state index >= 15 is 0 Å². The van der Waals surface area contributed by atoms with Crippen LogP contribution in [0.2, 0.25) is 0 Å². The fourth-order valence-corrected chi connectivity index (χ4v) is 4.18. The highest BCUT2D eigenvalue weighted by Gasteiger charge is 2.29. The Hall–Kier alpha value is -4.05. The van der Waals surface area contributed by atoms with Crippen molar-refractivity contribution in [3.63, 3.8) is 0 Å². The SMILES string of the molecule is CCc1cc2c(cc1Cc1ccc(C(=O)OC)c(F)c1)C(=O)N(c1ncccc1C#N)CC2. The predicted molar refractivity (Wildman–Crippen MR) is 121 cm³/mol. The zero-order chi connectivity index (χ0) is 23.5. The lowest BCUT2D eigenvalue weighted by atomic mass is 9.89. The molecule has 0 radical (unpaired) electrons. The smallest absolute Gasteiger partial charge is 0.340 e. The molecule has 0 fully saturated rings. The van der Waals surface area contributed by atoms with Gasteiger partial charge in [-0.3, -0.25) is 9.69 Å². The van der Waals surface area contributed by atoms with Gasteiger partial charge in [-0.25, -0.2) is 14.2 Å². The summed E-state index contributed by atoms with van der Waals surface area (Å²) in [5.74, 6) is -1.21. The molecule has 0 N–H and O–H groups in total. The van der Waals surface area contributed by atoms with Gasteiger partial charge in [0, 0.05) is 18.3 Å². The van der Waals surface area contributed by atoms with Crippen LogP contribution in [0.1, 0.15) is 55.5 Å². The van der Waals surface area contributed by atoms with Crippen molar-refractivity contribution in [2.75, 3.05) is 18.6 Å². The number of halogens is 1. The molecule has 1 amide bonds. The molecule has 2 heterocycles. The normalized spacial score (nSPS) is 12.8. The zero-order valence-electron chi connectivity index (χ0n) is 18.4. The maximum Gasteiger partial charge on any atom is 0.340 e. The molecule has 33 heavy (non-hydrogen) atoms. The topological polar surface area (TPSA) is 83.3 Å². The molecule has 2 aromatic carbocycles. The van der Waals surface area contributed by atoms with Gasteiger partial charge in [0.25, 0.3) is 5.91 Å². The number of amides is 1. The lowest BCUT2D eigenvalue weighted by molar-refractivity contribution is 0.0595. The molecule has 1 aromatic heterocycles. The number of methoxy groups -OCH3 is 1. The van der Waals surface area contributed by atoms with E-state index in [2.05, 4.69) is 15.8 Å². The van der Waals surface area contributed by atoms with Crippen LogP contribution in [-0.2, 0) is 24.0 Å². The summed E-state index contributed by atoms with van der Waals surface area (Å²) in [4.78, 5) is 30.8. The van der Waals surface area contributed by atoms with Crippen molar-refractivity contribution in [2.45, 2.75) is 26.2 Å². The van der Waals surface area contributed by atoms with Crippen LogP contribution in [0.4, 0.5) is 10.2 Å². The molecule has 0 spiro atoms. The quantitative estimate of drug-likeness (QED) is 0.551. The van der Waals surface area contributed by atoms with Crippen LogP contribution in [0.3, 0.4) is 0 Å². The first-order valence-electron chi connectivity index (χ1n) is 10.6. The molecule has 7 heteroatoms. The number of pyridine rings is 1. The van der Waals surface area contributed by atoms with Crippen LogP contribution in [0.25, 0.3) is 0 Å². The summed E-state index contributed by atoms with van der Waals surface area (Å²) in [7, 11) is 1.21. The fourth-order valence-electron chi connectivity index (χ4n) is 4.18. The lowest BCUT2D eigenvalue weighted by Gasteiger charge is -2.29. The van der Waals surface area contributed by atoms with Crippen molar-refractivity contribution in [1.29, 1.82) is 5.26 Å². The van der Waals surface area contributed by atoms with Gasteiger partial charge in [-0.2, -0.15) is 5.26 Å². The second-order valence-electron chi connectivity index (χ2n) is 7.81. The molecule has 1 aliphatic rings. The number of benzene rings is 2. The number of nitriles is 1. The first-order chi connectivity index (χ1) is 16.0. The number of ether oxygens (including phenoxy) is 1. The molecule has 166 valence electrons. The third-order valence-electron chi connectivity index (χ3n) is 5.88. The monoisotopic (exact) mass is 443 g/mol. The number of nitrogens with zero attached hydrogens (tertiary/aromatic N) is 3. The summed E-state index contributed by atoms with van der Waals surface area (Å²) < 4.78 is 19.0. The minimum Gasteiger partial charge on any atom is -0.465 e. The number of fused-ring (bicyclic) bond motifs is 1. The Bertz CT molecular complexity index is 1300. The van der Waals surface area contributed by atoms with Crippen molar-refractivity contribution < 1.29 is 18.7 Å². The van der Waals surface area contributed by atoms with Crippen LogP contribution in [0.15, 0.2) is 48.7 Å². The maximum absolute atomic E-state index is 14.4. The Morgan fingerprint density at radius 2 is 2.06 bits per heavy atom. The zero-order valence-corrected chi connectivity index (χ0v) is 18.4. The van der Waals surface area contributed by atoms with Gasteiger partial charge in [-0.05, 0) is 71.8 Å². The number of carbonyl (C=O) groups is 2. The van der Waals surface area contributed by atoms with Crippen LogP contribution in [0, 0.1) is 17.1 Å². The molecule has 0 atom stereocenters. The van der Waals surface area contributed by atoms with Gasteiger partial charge in [0.15, 0.2) is 5.82 Å². The second-order valence-corrected chi connectivity index (χ2v) is 7.81. The molecular weight excluding hydrogens is 421 g/mol. The van der Waals surface area contributed by atoms with E-state index in [0.717, 1.165) is 23.1 Å². The molecule has 0 unspecified atom stereocenters. The predicted octanol–water partition coefficient (Wildman–Crippen LogP) is 4.24. The Morgan fingerprint density at radius 3 is 2.76 bits per heavy atom. The number of aromatic nitrogens is 1. The number of hydrogen-bond donors (Lipinski definition) is 0. The van der Waals surface area contributed by atoms with Crippen LogP contribution in [0.5, 0.6) is 0 Å². The number of aryl methyl sites for hydroxylation is 1. The number of carbonyl (C=O) groups excluding carboxylic acids is 2. The standard InChI is InChI=1S/C26H22FN3O3/c1-3-17-13-18-8-10-30(24-19(15-28)5-4-9-29-24)25(31)22(18)14-20(17)11-16-6-7-21(23(27)12-16)26(32)33-2/h4-7,9,12-14H,3,8,10-11H2,1-2H3. The van der Waals surface area contributed by atoms with E-state index in [0.29, 0.717) is 41.9 Å². The van der Waals surface area contributed by atoms with E-state index < -0.39 is 11.8 Å². The summed E-state index contributed by atoms with van der Waals surface area (Å²) in [6.07, 6.45) is 3.40. The molecular formula is C26H22FN3O3. The number of rotatable bonds is 5. The van der Waals surface area contributed by atoms with Crippen molar-refractivity contribution in [3.8, 4) is 6.07 Å². The summed E-state index contributed by atoms with van der Waals surface area (Å²) in [6, 6.07) is 13.7. The van der Waals surface area contributed by atoms with Crippen LogP contribution >= 0.6 is 0 Å². The van der Waals surface area contributed by atoms with Gasteiger partial charge < -0.3 is 4.74 Å². The summed E-state index contributed by atoms with van der Waals surface area (Å²) in [5, 5.41) is 9.41. The third-order valence-corrected chi connectivity index (χ3v) is 5.88. The van der Waals surface area contributed by atoms with Crippen molar-refractivity contribution in [1.82, 2.24) is 4.98 Å². The van der Waals surface area contributed by atoms with Crippen molar-refractivity contribution >= 4 is 17.7 Å². The average Bonchev–Trinajstić information content (AvgIpc) is 2.84. The molecule has 4 rings (SSSR count). The van der Waals surface area contributed by atoms with E-state index in [-0.39, 0.29) is 11.5 Å². The number of esters is 1. The Morgan fingerprint density at radius 1 is 1.24 bits per heavy atom. The molecule has 0 saturated heterocycles. The molecule has 1 aliphatic heterocycles. The van der Waals surface area contributed by atoms with Crippen molar-refractivity contribution in [3.05, 3.63) is 93.4 Å². The average molecular weight is 443 g/mol. The highest BCUT2D eigenvalue weighted by Crippen LogP contribution is 2.29. The van der Waals surface area contributed by atoms with Crippen LogP contribution < -0.4 is 4.90 Å². The largest absolute Gasteiger partial charge is 0.465 e. The second kappa shape index (κ2) is 9.21. The molecule has 6 nitrogen and oxygen atoms in total. The van der Waals surface area contributed by atoms with Gasteiger partial charge in [0.2, 0.25) is 0 Å². The van der Waals surface area contributed by atoms with E-state index in [1.165, 1.54) is 19.2 Å². The van der Waals surface area contributed by atoms with Crippen LogP contribution in [-0.4, -0.2) is 30.5 Å². The van der Waals surface area contributed by atoms with Gasteiger partial charge in [0.05, 0.1) is 18.2 Å². The maximum atomic E-state index is 14.4. The van der Waals surface area contributed by atoms with Gasteiger partial charge >= 0.3 is 5.97 Å². The summed E-state index contributed by atoms with van der Waals surface area (Å²) in [5.41, 5.74) is 4.44. The van der Waals surface area contributed by atoms with Gasteiger partial charge in [0.1, 0.15) is 11.9 Å².